The summed E-state index contributed by atoms with van der Waals surface area (Å²) in [7, 11) is -3.44. The fraction of sp³-hybridized carbons (Fsp3) is 0.917. The van der Waals surface area contributed by atoms with Gasteiger partial charge < -0.3 is 5.32 Å². The fourth-order valence-electron chi connectivity index (χ4n) is 3.05. The van der Waals surface area contributed by atoms with Crippen LogP contribution in [0, 0.1) is 16.7 Å². The molecule has 2 rings (SSSR count). The van der Waals surface area contributed by atoms with Crippen molar-refractivity contribution in [1.29, 1.82) is 5.26 Å². The van der Waals surface area contributed by atoms with Gasteiger partial charge in [0.1, 0.15) is 0 Å². The van der Waals surface area contributed by atoms with E-state index in [1.165, 1.54) is 11.2 Å². The van der Waals surface area contributed by atoms with Crippen LogP contribution in [0.4, 0.5) is 0 Å². The Labute approximate surface area is 109 Å². The van der Waals surface area contributed by atoms with Crippen LogP contribution >= 0.6 is 0 Å². The van der Waals surface area contributed by atoms with Crippen LogP contribution in [0.15, 0.2) is 0 Å². The lowest BCUT2D eigenvalue weighted by molar-refractivity contribution is 0.110. The summed E-state index contributed by atoms with van der Waals surface area (Å²) in [6, 6.07) is 1.85. The van der Waals surface area contributed by atoms with Crippen LogP contribution in [-0.4, -0.2) is 44.2 Å². The van der Waals surface area contributed by atoms with Gasteiger partial charge in [0.2, 0.25) is 10.0 Å². The van der Waals surface area contributed by atoms with Crippen molar-refractivity contribution in [3.63, 3.8) is 0 Å². The summed E-state index contributed by atoms with van der Waals surface area (Å²) in [6.45, 7) is 4.54. The Bertz CT molecular complexity index is 429. The molecule has 0 radical (unpaired) electrons. The van der Waals surface area contributed by atoms with E-state index < -0.39 is 15.3 Å². The van der Waals surface area contributed by atoms with Crippen molar-refractivity contribution in [2.45, 2.75) is 37.9 Å². The first-order valence-corrected chi connectivity index (χ1v) is 8.10. The summed E-state index contributed by atoms with van der Waals surface area (Å²) < 4.78 is 26.0. The SMILES string of the molecule is CC(C#N)S(=O)(=O)N1CCCC2(CCCNC2)C1. The Balaban J connectivity index is 2.14. The van der Waals surface area contributed by atoms with Crippen LogP contribution in [-0.2, 0) is 10.0 Å². The van der Waals surface area contributed by atoms with Crippen molar-refractivity contribution in [2.24, 2.45) is 5.41 Å². The van der Waals surface area contributed by atoms with Crippen LogP contribution in [0.25, 0.3) is 0 Å². The quantitative estimate of drug-likeness (QED) is 0.802. The largest absolute Gasteiger partial charge is 0.316 e. The van der Waals surface area contributed by atoms with Crippen LogP contribution in [0.1, 0.15) is 32.6 Å². The minimum absolute atomic E-state index is 0.0960. The molecule has 2 aliphatic heterocycles. The number of hydrogen-bond acceptors (Lipinski definition) is 4. The number of nitrogens with zero attached hydrogens (tertiary/aromatic N) is 2. The van der Waals surface area contributed by atoms with Gasteiger partial charge in [0.25, 0.3) is 0 Å². The second-order valence-corrected chi connectivity index (χ2v) is 7.79. The number of rotatable bonds is 2. The summed E-state index contributed by atoms with van der Waals surface area (Å²) in [5.41, 5.74) is 0.0960. The van der Waals surface area contributed by atoms with Crippen LogP contribution in [0.5, 0.6) is 0 Å². The molecule has 6 heteroatoms. The third kappa shape index (κ3) is 2.53. The minimum Gasteiger partial charge on any atom is -0.316 e. The maximum atomic E-state index is 12.2. The van der Waals surface area contributed by atoms with Gasteiger partial charge in [-0.15, -0.1) is 0 Å². The van der Waals surface area contributed by atoms with E-state index in [0.717, 1.165) is 38.8 Å². The predicted molar refractivity (Wildman–Crippen MR) is 69.3 cm³/mol. The van der Waals surface area contributed by atoms with Crippen LogP contribution in [0.3, 0.4) is 0 Å². The molecule has 2 unspecified atom stereocenters. The first-order chi connectivity index (χ1) is 8.50. The van der Waals surface area contributed by atoms with Gasteiger partial charge in [0.05, 0.1) is 6.07 Å². The highest BCUT2D eigenvalue weighted by Gasteiger charge is 2.41. The zero-order valence-electron chi connectivity index (χ0n) is 10.9. The van der Waals surface area contributed by atoms with Gasteiger partial charge in [0, 0.05) is 19.6 Å². The van der Waals surface area contributed by atoms with Gasteiger partial charge in [-0.2, -0.15) is 5.26 Å². The smallest absolute Gasteiger partial charge is 0.230 e. The first kappa shape index (κ1) is 13.8. The van der Waals surface area contributed by atoms with Crippen molar-refractivity contribution in [1.82, 2.24) is 9.62 Å². The Morgan fingerprint density at radius 1 is 1.39 bits per heavy atom. The zero-order valence-corrected chi connectivity index (χ0v) is 11.7. The molecule has 1 spiro atoms. The second kappa shape index (κ2) is 5.16. The number of hydrogen-bond donors (Lipinski definition) is 1. The molecule has 2 saturated heterocycles. The molecule has 2 fully saturated rings. The number of piperidine rings is 2. The van der Waals surface area contributed by atoms with Crippen LogP contribution in [0.2, 0.25) is 0 Å². The van der Waals surface area contributed by atoms with E-state index in [-0.39, 0.29) is 5.41 Å². The summed E-state index contributed by atoms with van der Waals surface area (Å²) in [5, 5.41) is 11.3. The molecule has 0 aromatic carbocycles. The molecule has 2 atom stereocenters. The molecule has 0 aromatic rings. The molecule has 2 aliphatic rings. The highest BCUT2D eigenvalue weighted by Crippen LogP contribution is 2.37. The van der Waals surface area contributed by atoms with Crippen molar-refractivity contribution in [3.05, 3.63) is 0 Å². The summed E-state index contributed by atoms with van der Waals surface area (Å²) in [5.74, 6) is 0. The van der Waals surface area contributed by atoms with Gasteiger partial charge >= 0.3 is 0 Å². The normalized spacial score (nSPS) is 32.0. The van der Waals surface area contributed by atoms with Crippen molar-refractivity contribution >= 4 is 10.0 Å². The van der Waals surface area contributed by atoms with E-state index in [9.17, 15) is 8.42 Å². The predicted octanol–water partition coefficient (Wildman–Crippen LogP) is 0.694. The Kier molecular flexibility index (Phi) is 3.95. The maximum Gasteiger partial charge on any atom is 0.230 e. The maximum absolute atomic E-state index is 12.2. The lowest BCUT2D eigenvalue weighted by atomic mass is 9.75. The molecule has 2 heterocycles. The topological polar surface area (TPSA) is 73.2 Å². The average molecular weight is 271 g/mol. The van der Waals surface area contributed by atoms with E-state index >= 15 is 0 Å². The van der Waals surface area contributed by atoms with E-state index in [1.807, 2.05) is 6.07 Å². The molecular formula is C12H21N3O2S. The summed E-state index contributed by atoms with van der Waals surface area (Å²) >= 11 is 0. The highest BCUT2D eigenvalue weighted by molar-refractivity contribution is 7.89. The first-order valence-electron chi connectivity index (χ1n) is 6.60. The number of nitriles is 1. The summed E-state index contributed by atoms with van der Waals surface area (Å²) in [6.07, 6.45) is 4.20. The lowest BCUT2D eigenvalue weighted by Crippen LogP contribution is -2.53. The minimum atomic E-state index is -3.44. The van der Waals surface area contributed by atoms with Gasteiger partial charge in [0.15, 0.2) is 5.25 Å². The molecule has 102 valence electrons. The van der Waals surface area contributed by atoms with Gasteiger partial charge in [-0.3, -0.25) is 0 Å². The molecule has 1 N–H and O–H groups in total. The summed E-state index contributed by atoms with van der Waals surface area (Å²) in [4.78, 5) is 0. The Morgan fingerprint density at radius 3 is 2.72 bits per heavy atom. The Morgan fingerprint density at radius 2 is 2.11 bits per heavy atom. The number of sulfonamides is 1. The van der Waals surface area contributed by atoms with Gasteiger partial charge in [-0.1, -0.05) is 0 Å². The molecule has 0 amide bonds. The van der Waals surface area contributed by atoms with Crippen molar-refractivity contribution in [2.75, 3.05) is 26.2 Å². The molecule has 0 aliphatic carbocycles. The van der Waals surface area contributed by atoms with Crippen molar-refractivity contribution in [3.8, 4) is 6.07 Å². The third-order valence-electron chi connectivity index (χ3n) is 4.18. The van der Waals surface area contributed by atoms with E-state index in [0.29, 0.717) is 13.1 Å². The van der Waals surface area contributed by atoms with Crippen LogP contribution < -0.4 is 5.32 Å². The van der Waals surface area contributed by atoms with Gasteiger partial charge in [-0.05, 0) is 44.6 Å². The molecule has 0 saturated carbocycles. The van der Waals surface area contributed by atoms with E-state index in [2.05, 4.69) is 5.32 Å². The molecule has 0 bridgehead atoms. The fourth-order valence-corrected chi connectivity index (χ4v) is 4.47. The Hall–Kier alpha value is -0.640. The number of nitrogens with one attached hydrogen (secondary N) is 1. The molecule has 18 heavy (non-hydrogen) atoms. The molecule has 0 aromatic heterocycles. The molecular weight excluding hydrogens is 250 g/mol. The monoisotopic (exact) mass is 271 g/mol. The zero-order chi connectivity index (χ0) is 13.2. The lowest BCUT2D eigenvalue weighted by Gasteiger charge is -2.45. The van der Waals surface area contributed by atoms with Gasteiger partial charge in [-0.25, -0.2) is 12.7 Å². The highest BCUT2D eigenvalue weighted by atomic mass is 32.2. The van der Waals surface area contributed by atoms with E-state index in [4.69, 9.17) is 5.26 Å². The van der Waals surface area contributed by atoms with Crippen molar-refractivity contribution < 1.29 is 8.42 Å². The molecule has 5 nitrogen and oxygen atoms in total. The second-order valence-electron chi connectivity index (χ2n) is 5.53. The van der Waals surface area contributed by atoms with E-state index in [1.54, 1.807) is 0 Å². The third-order valence-corrected chi connectivity index (χ3v) is 6.21. The average Bonchev–Trinajstić information content (AvgIpc) is 2.38. The standard InChI is InChI=1S/C12H21N3O2S/c1-11(8-13)18(16,17)15-7-3-5-12(10-15)4-2-6-14-9-12/h11,14H,2-7,9-10H2,1H3.